The highest BCUT2D eigenvalue weighted by Crippen LogP contribution is 2.38. The summed E-state index contributed by atoms with van der Waals surface area (Å²) in [5.41, 5.74) is -2.96. The second-order valence-corrected chi connectivity index (χ2v) is 3.64. The van der Waals surface area contributed by atoms with Gasteiger partial charge in [0.25, 0.3) is 0 Å². The topological polar surface area (TPSA) is 35.3 Å². The number of nitrogens with zero attached hydrogens (tertiary/aromatic N) is 1. The van der Waals surface area contributed by atoms with E-state index in [1.807, 2.05) is 0 Å². The van der Waals surface area contributed by atoms with E-state index in [1.165, 1.54) is 0 Å². The molecule has 2 aromatic rings. The van der Waals surface area contributed by atoms with Gasteiger partial charge in [0.2, 0.25) is 0 Å². The van der Waals surface area contributed by atoms with Crippen LogP contribution in [0.25, 0.3) is 0 Å². The van der Waals surface area contributed by atoms with Crippen molar-refractivity contribution in [3.05, 3.63) is 41.8 Å². The number of benzene rings is 1. The van der Waals surface area contributed by atoms with Crippen LogP contribution in [0.3, 0.4) is 0 Å². The van der Waals surface area contributed by atoms with Gasteiger partial charge in [-0.15, -0.1) is 0 Å². The van der Waals surface area contributed by atoms with Gasteiger partial charge >= 0.3 is 18.4 Å². The molecule has 0 N–H and O–H groups in total. The zero-order chi connectivity index (χ0) is 15.0. The SMILES string of the molecule is FC(F)(F)c1cc(Oc2ncco2)cc(C(F)(F)F)c1. The normalized spacial score (nSPS) is 12.5. The van der Waals surface area contributed by atoms with E-state index in [-0.39, 0.29) is 6.07 Å². The Balaban J connectivity index is 2.46. The van der Waals surface area contributed by atoms with Gasteiger partial charge in [-0.1, -0.05) is 0 Å². The van der Waals surface area contributed by atoms with Crippen LogP contribution in [-0.2, 0) is 12.4 Å². The van der Waals surface area contributed by atoms with Gasteiger partial charge in [-0.05, 0) is 18.2 Å². The second kappa shape index (κ2) is 4.73. The lowest BCUT2D eigenvalue weighted by Crippen LogP contribution is -2.11. The Labute approximate surface area is 107 Å². The van der Waals surface area contributed by atoms with E-state index in [9.17, 15) is 26.3 Å². The first-order chi connectivity index (χ1) is 9.16. The molecule has 1 aromatic carbocycles. The molecule has 0 aliphatic rings. The second-order valence-electron chi connectivity index (χ2n) is 3.64. The Bertz CT molecular complexity index is 556. The summed E-state index contributed by atoms with van der Waals surface area (Å²) in [5, 5.41) is 0. The first-order valence-electron chi connectivity index (χ1n) is 5.03. The predicted octanol–water partition coefficient (Wildman–Crippen LogP) is 4.50. The van der Waals surface area contributed by atoms with Gasteiger partial charge in [-0.2, -0.15) is 31.3 Å². The Hall–Kier alpha value is -2.19. The van der Waals surface area contributed by atoms with Crippen molar-refractivity contribution in [2.75, 3.05) is 0 Å². The number of aromatic nitrogens is 1. The summed E-state index contributed by atoms with van der Waals surface area (Å²) in [5.74, 6) is -0.672. The summed E-state index contributed by atoms with van der Waals surface area (Å²) in [6.45, 7) is 0. The molecule has 20 heavy (non-hydrogen) atoms. The fourth-order valence-electron chi connectivity index (χ4n) is 1.35. The highest BCUT2D eigenvalue weighted by molar-refractivity contribution is 5.38. The molecule has 0 radical (unpaired) electrons. The average Bonchev–Trinajstić information content (AvgIpc) is 2.79. The van der Waals surface area contributed by atoms with Crippen LogP contribution in [0, 0.1) is 0 Å². The van der Waals surface area contributed by atoms with Crippen LogP contribution in [0.1, 0.15) is 11.1 Å². The van der Waals surface area contributed by atoms with E-state index in [1.54, 1.807) is 0 Å². The number of alkyl halides is 6. The zero-order valence-corrected chi connectivity index (χ0v) is 9.42. The number of hydrogen-bond donors (Lipinski definition) is 0. The minimum atomic E-state index is -4.93. The molecule has 1 heterocycles. The molecule has 0 bridgehead atoms. The Morgan fingerprint density at radius 1 is 0.900 bits per heavy atom. The first kappa shape index (κ1) is 14.2. The third kappa shape index (κ3) is 3.22. The van der Waals surface area contributed by atoms with Crippen molar-refractivity contribution in [1.82, 2.24) is 4.98 Å². The monoisotopic (exact) mass is 297 g/mol. The van der Waals surface area contributed by atoms with Crippen LogP contribution in [-0.4, -0.2) is 4.98 Å². The highest BCUT2D eigenvalue weighted by Gasteiger charge is 2.37. The molecular weight excluding hydrogens is 292 g/mol. The van der Waals surface area contributed by atoms with E-state index in [4.69, 9.17) is 4.74 Å². The molecule has 0 saturated heterocycles. The van der Waals surface area contributed by atoms with Crippen molar-refractivity contribution in [3.8, 4) is 11.8 Å². The summed E-state index contributed by atoms with van der Waals surface area (Å²) >= 11 is 0. The zero-order valence-electron chi connectivity index (χ0n) is 9.42. The number of halogens is 6. The average molecular weight is 297 g/mol. The molecule has 0 fully saturated rings. The number of ether oxygens (including phenoxy) is 1. The number of hydrogen-bond acceptors (Lipinski definition) is 3. The lowest BCUT2D eigenvalue weighted by Gasteiger charge is -2.13. The molecule has 0 spiro atoms. The Morgan fingerprint density at radius 3 is 1.85 bits per heavy atom. The minimum Gasteiger partial charge on any atom is -0.417 e. The quantitative estimate of drug-likeness (QED) is 0.765. The molecule has 0 atom stereocenters. The first-order valence-corrected chi connectivity index (χ1v) is 5.03. The molecule has 0 aliphatic carbocycles. The van der Waals surface area contributed by atoms with Crippen molar-refractivity contribution in [2.24, 2.45) is 0 Å². The summed E-state index contributed by atoms with van der Waals surface area (Å²) in [7, 11) is 0. The largest absolute Gasteiger partial charge is 0.417 e. The predicted molar refractivity (Wildman–Crippen MR) is 53.0 cm³/mol. The van der Waals surface area contributed by atoms with Gasteiger partial charge in [0.15, 0.2) is 0 Å². The molecule has 0 saturated carbocycles. The summed E-state index contributed by atoms with van der Waals surface area (Å²) in [6.07, 6.45) is -8.13. The van der Waals surface area contributed by atoms with Gasteiger partial charge in [-0.25, -0.2) is 0 Å². The fourth-order valence-corrected chi connectivity index (χ4v) is 1.35. The summed E-state index contributed by atoms with van der Waals surface area (Å²) in [6, 6.07) is 0.862. The Morgan fingerprint density at radius 2 is 1.45 bits per heavy atom. The number of oxazole rings is 1. The van der Waals surface area contributed by atoms with Crippen LogP contribution in [0.5, 0.6) is 11.8 Å². The Kier molecular flexibility index (Phi) is 3.36. The maximum absolute atomic E-state index is 12.6. The van der Waals surface area contributed by atoms with Crippen molar-refractivity contribution in [1.29, 1.82) is 0 Å². The van der Waals surface area contributed by atoms with Gasteiger partial charge in [0, 0.05) is 0 Å². The van der Waals surface area contributed by atoms with Crippen LogP contribution < -0.4 is 4.74 Å². The van der Waals surface area contributed by atoms with Gasteiger partial charge in [-0.3, -0.25) is 0 Å². The van der Waals surface area contributed by atoms with E-state index in [0.717, 1.165) is 12.5 Å². The lowest BCUT2D eigenvalue weighted by molar-refractivity contribution is -0.143. The molecule has 2 rings (SSSR count). The van der Waals surface area contributed by atoms with Crippen molar-refractivity contribution < 1.29 is 35.5 Å². The molecule has 0 aliphatic heterocycles. The van der Waals surface area contributed by atoms with Gasteiger partial charge in [0.05, 0.1) is 17.3 Å². The standard InChI is InChI=1S/C11H5F6NO2/c12-10(13,14)6-3-7(11(15,16)17)5-8(4-6)20-9-18-1-2-19-9/h1-5H. The van der Waals surface area contributed by atoms with Crippen LogP contribution in [0.4, 0.5) is 26.3 Å². The minimum absolute atomic E-state index is 0.00241. The molecule has 9 heteroatoms. The van der Waals surface area contributed by atoms with Crippen LogP contribution >= 0.6 is 0 Å². The van der Waals surface area contributed by atoms with E-state index >= 15 is 0 Å². The molecular formula is C11H5F6NO2. The van der Waals surface area contributed by atoms with Crippen molar-refractivity contribution in [3.63, 3.8) is 0 Å². The third-order valence-electron chi connectivity index (χ3n) is 2.18. The molecule has 3 nitrogen and oxygen atoms in total. The summed E-state index contributed by atoms with van der Waals surface area (Å²) < 4.78 is 84.6. The maximum atomic E-state index is 12.6. The third-order valence-corrected chi connectivity index (χ3v) is 2.18. The van der Waals surface area contributed by atoms with E-state index < -0.39 is 35.3 Å². The molecule has 108 valence electrons. The van der Waals surface area contributed by atoms with Gasteiger partial charge in [0.1, 0.15) is 12.0 Å². The lowest BCUT2D eigenvalue weighted by atomic mass is 10.1. The van der Waals surface area contributed by atoms with Crippen molar-refractivity contribution >= 4 is 0 Å². The fraction of sp³-hybridized carbons (Fsp3) is 0.182. The van der Waals surface area contributed by atoms with Crippen LogP contribution in [0.2, 0.25) is 0 Å². The van der Waals surface area contributed by atoms with Crippen LogP contribution in [0.15, 0.2) is 35.1 Å². The summed E-state index contributed by atoms with van der Waals surface area (Å²) in [4.78, 5) is 3.44. The molecule has 0 unspecified atom stereocenters. The molecule has 1 aromatic heterocycles. The smallest absolute Gasteiger partial charge is 0.416 e. The highest BCUT2D eigenvalue weighted by atomic mass is 19.4. The van der Waals surface area contributed by atoms with E-state index in [2.05, 4.69) is 9.40 Å². The number of rotatable bonds is 2. The molecule has 0 amide bonds. The van der Waals surface area contributed by atoms with E-state index in [0.29, 0.717) is 12.1 Å². The maximum Gasteiger partial charge on any atom is 0.416 e. The van der Waals surface area contributed by atoms with Crippen molar-refractivity contribution in [2.45, 2.75) is 12.4 Å². The van der Waals surface area contributed by atoms with Gasteiger partial charge < -0.3 is 9.15 Å².